The molecule has 5 nitrogen and oxygen atoms in total. The molecule has 0 spiro atoms. The van der Waals surface area contributed by atoms with Gasteiger partial charge < -0.3 is 5.73 Å². The molecule has 1 aromatic heterocycles. The number of nitrogens with two attached hydrogens (primary N) is 1. The SMILES string of the molecule is CC(N)Cn1ncn(C)c1=O. The van der Waals surface area contributed by atoms with E-state index in [9.17, 15) is 4.79 Å². The van der Waals surface area contributed by atoms with E-state index in [4.69, 9.17) is 5.73 Å². The van der Waals surface area contributed by atoms with Crippen molar-refractivity contribution in [1.29, 1.82) is 0 Å². The Labute approximate surface area is 64.4 Å². The fourth-order valence-corrected chi connectivity index (χ4v) is 0.819. The van der Waals surface area contributed by atoms with Crippen LogP contribution in [-0.4, -0.2) is 20.4 Å². The average Bonchev–Trinajstić information content (AvgIpc) is 2.18. The zero-order valence-electron chi connectivity index (χ0n) is 6.69. The Morgan fingerprint density at radius 1 is 1.82 bits per heavy atom. The van der Waals surface area contributed by atoms with Crippen molar-refractivity contribution in [2.45, 2.75) is 19.5 Å². The lowest BCUT2D eigenvalue weighted by Gasteiger charge is -2.01. The van der Waals surface area contributed by atoms with E-state index in [2.05, 4.69) is 5.10 Å². The van der Waals surface area contributed by atoms with Crippen LogP contribution in [0.2, 0.25) is 0 Å². The zero-order valence-corrected chi connectivity index (χ0v) is 6.69. The first-order chi connectivity index (χ1) is 5.11. The van der Waals surface area contributed by atoms with E-state index in [0.29, 0.717) is 6.54 Å². The summed E-state index contributed by atoms with van der Waals surface area (Å²) in [6.45, 7) is 2.31. The summed E-state index contributed by atoms with van der Waals surface area (Å²) >= 11 is 0. The van der Waals surface area contributed by atoms with Gasteiger partial charge in [-0.1, -0.05) is 0 Å². The van der Waals surface area contributed by atoms with Crippen LogP contribution in [0.4, 0.5) is 0 Å². The van der Waals surface area contributed by atoms with Crippen LogP contribution in [0.5, 0.6) is 0 Å². The second-order valence-electron chi connectivity index (χ2n) is 2.68. The van der Waals surface area contributed by atoms with Gasteiger partial charge in [-0.3, -0.25) is 4.57 Å². The van der Waals surface area contributed by atoms with E-state index < -0.39 is 0 Å². The van der Waals surface area contributed by atoms with Crippen LogP contribution in [0.25, 0.3) is 0 Å². The van der Waals surface area contributed by atoms with Crippen LogP contribution in [0.15, 0.2) is 11.1 Å². The van der Waals surface area contributed by atoms with E-state index in [1.807, 2.05) is 6.92 Å². The third kappa shape index (κ3) is 1.68. The molecular formula is C6H12N4O. The molecule has 1 heterocycles. The molecule has 0 aliphatic heterocycles. The van der Waals surface area contributed by atoms with E-state index >= 15 is 0 Å². The summed E-state index contributed by atoms with van der Waals surface area (Å²) in [5.41, 5.74) is 5.37. The quantitative estimate of drug-likeness (QED) is 0.593. The first-order valence-electron chi connectivity index (χ1n) is 3.45. The summed E-state index contributed by atoms with van der Waals surface area (Å²) in [7, 11) is 1.66. The standard InChI is InChI=1S/C6H12N4O/c1-5(7)3-10-6(11)9(2)4-8-10/h4-5H,3,7H2,1-2H3. The van der Waals surface area contributed by atoms with Crippen LogP contribution in [0, 0.1) is 0 Å². The molecule has 1 unspecified atom stereocenters. The van der Waals surface area contributed by atoms with Crippen LogP contribution in [0.1, 0.15) is 6.92 Å². The van der Waals surface area contributed by atoms with Gasteiger partial charge in [-0.05, 0) is 6.92 Å². The molecular weight excluding hydrogens is 144 g/mol. The fourth-order valence-electron chi connectivity index (χ4n) is 0.819. The molecule has 2 N–H and O–H groups in total. The summed E-state index contributed by atoms with van der Waals surface area (Å²) in [5, 5.41) is 3.84. The van der Waals surface area contributed by atoms with Crippen molar-refractivity contribution >= 4 is 0 Å². The van der Waals surface area contributed by atoms with Gasteiger partial charge in [0.2, 0.25) is 0 Å². The van der Waals surface area contributed by atoms with Gasteiger partial charge in [0.25, 0.3) is 0 Å². The Balaban J connectivity index is 2.88. The number of hydrogen-bond donors (Lipinski definition) is 1. The van der Waals surface area contributed by atoms with Gasteiger partial charge >= 0.3 is 5.69 Å². The number of rotatable bonds is 2. The van der Waals surface area contributed by atoms with Gasteiger partial charge in [0.05, 0.1) is 6.54 Å². The lowest BCUT2D eigenvalue weighted by molar-refractivity contribution is 0.519. The monoisotopic (exact) mass is 156 g/mol. The van der Waals surface area contributed by atoms with Gasteiger partial charge in [0, 0.05) is 13.1 Å². The Bertz CT molecular complexity index is 285. The van der Waals surface area contributed by atoms with Gasteiger partial charge in [-0.2, -0.15) is 5.10 Å². The maximum absolute atomic E-state index is 11.1. The topological polar surface area (TPSA) is 65.8 Å². The highest BCUT2D eigenvalue weighted by atomic mass is 16.2. The third-order valence-corrected chi connectivity index (χ3v) is 1.35. The van der Waals surface area contributed by atoms with Gasteiger partial charge in [0.1, 0.15) is 6.33 Å². The van der Waals surface area contributed by atoms with Gasteiger partial charge in [-0.25, -0.2) is 9.48 Å². The maximum Gasteiger partial charge on any atom is 0.345 e. The Hall–Kier alpha value is -1.10. The van der Waals surface area contributed by atoms with Gasteiger partial charge in [-0.15, -0.1) is 0 Å². The smallest absolute Gasteiger partial charge is 0.326 e. The van der Waals surface area contributed by atoms with E-state index in [1.54, 1.807) is 7.05 Å². The second kappa shape index (κ2) is 2.87. The van der Waals surface area contributed by atoms with Gasteiger partial charge in [0.15, 0.2) is 0 Å². The highest BCUT2D eigenvalue weighted by Gasteiger charge is 2.02. The normalized spacial score (nSPS) is 13.4. The van der Waals surface area contributed by atoms with Crippen LogP contribution < -0.4 is 11.4 Å². The zero-order chi connectivity index (χ0) is 8.43. The largest absolute Gasteiger partial charge is 0.345 e. The predicted molar refractivity (Wildman–Crippen MR) is 41.1 cm³/mol. The number of nitrogens with zero attached hydrogens (tertiary/aromatic N) is 3. The van der Waals surface area contributed by atoms with Crippen LogP contribution in [0.3, 0.4) is 0 Å². The first-order valence-corrected chi connectivity index (χ1v) is 3.45. The van der Waals surface area contributed by atoms with Crippen molar-refractivity contribution in [3.8, 4) is 0 Å². The number of hydrogen-bond acceptors (Lipinski definition) is 3. The summed E-state index contributed by atoms with van der Waals surface area (Å²) in [4.78, 5) is 11.1. The molecule has 5 heteroatoms. The molecule has 0 aliphatic carbocycles. The van der Waals surface area contributed by atoms with Crippen LogP contribution in [-0.2, 0) is 13.6 Å². The molecule has 0 amide bonds. The Morgan fingerprint density at radius 3 is 2.82 bits per heavy atom. The van der Waals surface area contributed by atoms with Crippen molar-refractivity contribution in [2.24, 2.45) is 12.8 Å². The number of aryl methyl sites for hydroxylation is 1. The van der Waals surface area contributed by atoms with Crippen molar-refractivity contribution in [3.63, 3.8) is 0 Å². The van der Waals surface area contributed by atoms with E-state index in [-0.39, 0.29) is 11.7 Å². The minimum atomic E-state index is -0.123. The lowest BCUT2D eigenvalue weighted by Crippen LogP contribution is -2.31. The molecule has 1 atom stereocenters. The average molecular weight is 156 g/mol. The van der Waals surface area contributed by atoms with Crippen molar-refractivity contribution in [3.05, 3.63) is 16.8 Å². The van der Waals surface area contributed by atoms with Crippen molar-refractivity contribution in [1.82, 2.24) is 14.3 Å². The number of aromatic nitrogens is 3. The summed E-state index contributed by atoms with van der Waals surface area (Å²) in [5.74, 6) is 0. The van der Waals surface area contributed by atoms with E-state index in [1.165, 1.54) is 15.6 Å². The molecule has 0 bridgehead atoms. The van der Waals surface area contributed by atoms with Crippen molar-refractivity contribution in [2.75, 3.05) is 0 Å². The summed E-state index contributed by atoms with van der Waals surface area (Å²) in [6, 6.07) is -0.0393. The Kier molecular flexibility index (Phi) is 2.09. The summed E-state index contributed by atoms with van der Waals surface area (Å²) < 4.78 is 2.77. The minimum absolute atomic E-state index is 0.0393. The molecule has 0 radical (unpaired) electrons. The third-order valence-electron chi connectivity index (χ3n) is 1.35. The molecule has 0 fully saturated rings. The van der Waals surface area contributed by atoms with Crippen molar-refractivity contribution < 1.29 is 0 Å². The molecule has 11 heavy (non-hydrogen) atoms. The fraction of sp³-hybridized carbons (Fsp3) is 0.667. The molecule has 1 rings (SSSR count). The second-order valence-corrected chi connectivity index (χ2v) is 2.68. The molecule has 0 aromatic carbocycles. The molecule has 0 saturated heterocycles. The van der Waals surface area contributed by atoms with Crippen LogP contribution >= 0.6 is 0 Å². The van der Waals surface area contributed by atoms with E-state index in [0.717, 1.165) is 0 Å². The lowest BCUT2D eigenvalue weighted by atomic mass is 10.4. The molecule has 62 valence electrons. The molecule has 0 aliphatic rings. The Morgan fingerprint density at radius 2 is 2.45 bits per heavy atom. The summed E-state index contributed by atoms with van der Waals surface area (Å²) in [6.07, 6.45) is 1.48. The predicted octanol–water partition coefficient (Wildman–Crippen LogP) is -1.07. The molecule has 0 saturated carbocycles. The molecule has 1 aromatic rings. The highest BCUT2D eigenvalue weighted by molar-refractivity contribution is 4.66. The highest BCUT2D eigenvalue weighted by Crippen LogP contribution is 1.80. The minimum Gasteiger partial charge on any atom is -0.326 e. The maximum atomic E-state index is 11.1. The first kappa shape index (κ1) is 8.00.